The molecule has 2 N–H and O–H groups in total. The van der Waals surface area contributed by atoms with Crippen molar-refractivity contribution in [1.82, 2.24) is 0 Å². The van der Waals surface area contributed by atoms with Gasteiger partial charge >= 0.3 is 0 Å². The number of nitrogens with one attached hydrogen (secondary N) is 2. The van der Waals surface area contributed by atoms with Crippen molar-refractivity contribution in [2.45, 2.75) is 20.0 Å². The maximum Gasteiger partial charge on any atom is 0.243 e. The highest BCUT2D eigenvalue weighted by atomic mass is 79.9. The topological polar surface area (TPSA) is 50.4 Å². The lowest BCUT2D eigenvalue weighted by molar-refractivity contribution is -0.114. The van der Waals surface area contributed by atoms with Crippen molar-refractivity contribution in [2.24, 2.45) is 0 Å². The molecule has 0 saturated carbocycles. The standard InChI is InChI=1S/C17H19BrN2O2/c1-12(2)22-14-7-5-6-13(10-14)20-17(21)11-19-16-9-4-3-8-15(16)18/h3-10,12,19H,11H2,1-2H3,(H,20,21). The van der Waals surface area contributed by atoms with Crippen LogP contribution in [0.3, 0.4) is 0 Å². The SMILES string of the molecule is CC(C)Oc1cccc(NC(=O)CNc2ccccc2Br)c1. The van der Waals surface area contributed by atoms with E-state index in [9.17, 15) is 4.79 Å². The summed E-state index contributed by atoms with van der Waals surface area (Å²) in [5.41, 5.74) is 1.60. The summed E-state index contributed by atoms with van der Waals surface area (Å²) in [7, 11) is 0. The highest BCUT2D eigenvalue weighted by Crippen LogP contribution is 2.21. The number of hydrogen-bond donors (Lipinski definition) is 2. The summed E-state index contributed by atoms with van der Waals surface area (Å²) in [6.07, 6.45) is 0.100. The minimum atomic E-state index is -0.113. The van der Waals surface area contributed by atoms with E-state index in [-0.39, 0.29) is 18.6 Å². The van der Waals surface area contributed by atoms with Crippen LogP contribution in [-0.2, 0) is 4.79 Å². The number of anilines is 2. The number of carbonyl (C=O) groups is 1. The van der Waals surface area contributed by atoms with E-state index >= 15 is 0 Å². The van der Waals surface area contributed by atoms with Crippen LogP contribution in [0.5, 0.6) is 5.75 Å². The summed E-state index contributed by atoms with van der Waals surface area (Å²) in [5, 5.41) is 5.94. The zero-order valence-electron chi connectivity index (χ0n) is 12.6. The lowest BCUT2D eigenvalue weighted by Gasteiger charge is -2.12. The Hall–Kier alpha value is -2.01. The molecule has 22 heavy (non-hydrogen) atoms. The summed E-state index contributed by atoms with van der Waals surface area (Å²) >= 11 is 3.43. The summed E-state index contributed by atoms with van der Waals surface area (Å²) in [6.45, 7) is 4.12. The second kappa shape index (κ2) is 7.84. The number of ether oxygens (including phenoxy) is 1. The van der Waals surface area contributed by atoms with Crippen LogP contribution >= 0.6 is 15.9 Å². The molecule has 1 amide bonds. The quantitative estimate of drug-likeness (QED) is 0.805. The highest BCUT2D eigenvalue weighted by Gasteiger charge is 2.05. The van der Waals surface area contributed by atoms with Gasteiger partial charge in [-0.25, -0.2) is 0 Å². The van der Waals surface area contributed by atoms with Gasteiger partial charge in [-0.15, -0.1) is 0 Å². The van der Waals surface area contributed by atoms with Crippen LogP contribution in [0.15, 0.2) is 53.0 Å². The third kappa shape index (κ3) is 5.07. The van der Waals surface area contributed by atoms with Crippen LogP contribution in [0.2, 0.25) is 0 Å². The summed E-state index contributed by atoms with van der Waals surface area (Å²) < 4.78 is 6.53. The first kappa shape index (κ1) is 16.4. The van der Waals surface area contributed by atoms with E-state index in [1.165, 1.54) is 0 Å². The van der Waals surface area contributed by atoms with Crippen molar-refractivity contribution < 1.29 is 9.53 Å². The van der Waals surface area contributed by atoms with Gasteiger partial charge in [0, 0.05) is 21.9 Å². The van der Waals surface area contributed by atoms with Crippen LogP contribution in [0, 0.1) is 0 Å². The molecule has 0 fully saturated rings. The van der Waals surface area contributed by atoms with Gasteiger partial charge in [0.1, 0.15) is 5.75 Å². The summed E-state index contributed by atoms with van der Waals surface area (Å²) in [6, 6.07) is 15.1. The Kier molecular flexibility index (Phi) is 5.83. The molecule has 2 rings (SSSR count). The minimum Gasteiger partial charge on any atom is -0.491 e. The Balaban J connectivity index is 1.91. The van der Waals surface area contributed by atoms with E-state index in [0.717, 1.165) is 21.6 Å². The van der Waals surface area contributed by atoms with E-state index in [0.29, 0.717) is 0 Å². The number of amides is 1. The van der Waals surface area contributed by atoms with Crippen molar-refractivity contribution in [3.05, 3.63) is 53.0 Å². The van der Waals surface area contributed by atoms with Crippen molar-refractivity contribution in [3.8, 4) is 5.75 Å². The maximum absolute atomic E-state index is 12.0. The number of hydrogen-bond acceptors (Lipinski definition) is 3. The highest BCUT2D eigenvalue weighted by molar-refractivity contribution is 9.10. The zero-order chi connectivity index (χ0) is 15.9. The Morgan fingerprint density at radius 2 is 1.95 bits per heavy atom. The van der Waals surface area contributed by atoms with E-state index in [2.05, 4.69) is 26.6 Å². The van der Waals surface area contributed by atoms with Gasteiger partial charge in [-0.1, -0.05) is 18.2 Å². The van der Waals surface area contributed by atoms with E-state index in [1.54, 1.807) is 0 Å². The first-order valence-electron chi connectivity index (χ1n) is 7.09. The predicted octanol–water partition coefficient (Wildman–Crippen LogP) is 4.29. The number of carbonyl (C=O) groups excluding carboxylic acids is 1. The third-order valence-corrected chi connectivity index (χ3v) is 3.49. The largest absolute Gasteiger partial charge is 0.491 e. The molecule has 116 valence electrons. The molecule has 0 saturated heterocycles. The fourth-order valence-electron chi connectivity index (χ4n) is 1.90. The number of benzene rings is 2. The van der Waals surface area contributed by atoms with Crippen LogP contribution in [0.1, 0.15) is 13.8 Å². The van der Waals surface area contributed by atoms with E-state index in [4.69, 9.17) is 4.74 Å². The zero-order valence-corrected chi connectivity index (χ0v) is 14.2. The van der Waals surface area contributed by atoms with Gasteiger partial charge in [0.2, 0.25) is 5.91 Å². The second-order valence-corrected chi connectivity index (χ2v) is 5.93. The molecule has 0 bridgehead atoms. The summed E-state index contributed by atoms with van der Waals surface area (Å²) in [4.78, 5) is 12.0. The average Bonchev–Trinajstić information content (AvgIpc) is 2.46. The van der Waals surface area contributed by atoms with Crippen LogP contribution in [-0.4, -0.2) is 18.6 Å². The lowest BCUT2D eigenvalue weighted by atomic mass is 10.3. The molecule has 0 unspecified atom stereocenters. The van der Waals surface area contributed by atoms with Gasteiger partial charge in [0.25, 0.3) is 0 Å². The van der Waals surface area contributed by atoms with Crippen molar-refractivity contribution in [3.63, 3.8) is 0 Å². The Morgan fingerprint density at radius 3 is 2.68 bits per heavy atom. The molecular weight excluding hydrogens is 344 g/mol. The molecule has 0 aliphatic heterocycles. The molecule has 0 atom stereocenters. The smallest absolute Gasteiger partial charge is 0.243 e. The third-order valence-electron chi connectivity index (χ3n) is 2.80. The van der Waals surface area contributed by atoms with Crippen LogP contribution < -0.4 is 15.4 Å². The lowest BCUT2D eigenvalue weighted by Crippen LogP contribution is -2.21. The second-order valence-electron chi connectivity index (χ2n) is 5.08. The molecule has 0 spiro atoms. The Bertz CT molecular complexity index is 644. The summed E-state index contributed by atoms with van der Waals surface area (Å²) in [5.74, 6) is 0.629. The monoisotopic (exact) mass is 362 g/mol. The van der Waals surface area contributed by atoms with Gasteiger partial charge in [-0.05, 0) is 54.0 Å². The number of para-hydroxylation sites is 1. The number of halogens is 1. The van der Waals surface area contributed by atoms with E-state index < -0.39 is 0 Å². The number of rotatable bonds is 6. The van der Waals surface area contributed by atoms with Crippen molar-refractivity contribution in [1.29, 1.82) is 0 Å². The Labute approximate surface area is 139 Å². The molecular formula is C17H19BrN2O2. The molecule has 0 heterocycles. The van der Waals surface area contributed by atoms with Gasteiger partial charge < -0.3 is 15.4 Å². The maximum atomic E-state index is 12.0. The predicted molar refractivity (Wildman–Crippen MR) is 93.5 cm³/mol. The normalized spacial score (nSPS) is 10.4. The average molecular weight is 363 g/mol. The van der Waals surface area contributed by atoms with Gasteiger partial charge in [-0.2, -0.15) is 0 Å². The molecule has 0 radical (unpaired) electrons. The molecule has 5 heteroatoms. The van der Waals surface area contributed by atoms with Crippen LogP contribution in [0.4, 0.5) is 11.4 Å². The van der Waals surface area contributed by atoms with E-state index in [1.807, 2.05) is 62.4 Å². The fourth-order valence-corrected chi connectivity index (χ4v) is 2.33. The molecule has 0 aliphatic carbocycles. The van der Waals surface area contributed by atoms with Crippen molar-refractivity contribution in [2.75, 3.05) is 17.2 Å². The fraction of sp³-hybridized carbons (Fsp3) is 0.235. The first-order chi connectivity index (χ1) is 10.5. The van der Waals surface area contributed by atoms with Crippen molar-refractivity contribution >= 4 is 33.2 Å². The molecule has 0 aliphatic rings. The minimum absolute atomic E-state index is 0.100. The van der Waals surface area contributed by atoms with Gasteiger partial charge in [0.15, 0.2) is 0 Å². The molecule has 4 nitrogen and oxygen atoms in total. The molecule has 0 aromatic heterocycles. The van der Waals surface area contributed by atoms with Crippen LogP contribution in [0.25, 0.3) is 0 Å². The Morgan fingerprint density at radius 1 is 1.18 bits per heavy atom. The first-order valence-corrected chi connectivity index (χ1v) is 7.89. The van der Waals surface area contributed by atoms with Gasteiger partial charge in [0.05, 0.1) is 12.6 Å². The van der Waals surface area contributed by atoms with Gasteiger partial charge in [-0.3, -0.25) is 4.79 Å². The molecule has 2 aromatic rings. The molecule has 2 aromatic carbocycles.